The molecule has 1 aliphatic rings. The highest BCUT2D eigenvalue weighted by Crippen LogP contribution is 2.27. The number of fused-ring (bicyclic) bond motifs is 4. The number of nitro benzene ring substituents is 2. The number of hydrogen-bond acceptors (Lipinski definition) is 8. The molecule has 1 aliphatic heterocycles. The summed E-state index contributed by atoms with van der Waals surface area (Å²) in [7, 11) is 0. The fourth-order valence-corrected chi connectivity index (χ4v) is 9.04. The van der Waals surface area contributed by atoms with Gasteiger partial charge >= 0.3 is 11.4 Å². The Hall–Kier alpha value is -5.48. The minimum absolute atomic E-state index is 0.0612. The summed E-state index contributed by atoms with van der Waals surface area (Å²) in [5, 5.41) is 24.0. The molecule has 4 bridgehead atoms. The van der Waals surface area contributed by atoms with E-state index in [2.05, 4.69) is 13.8 Å². The lowest BCUT2D eigenvalue weighted by atomic mass is 10.1. The number of nitrogens with zero attached hydrogens (tertiary/aromatic N) is 8. The Morgan fingerprint density at radius 2 is 0.833 bits per heavy atom. The van der Waals surface area contributed by atoms with Crippen LogP contribution in [-0.4, -0.2) is 76.3 Å². The third-order valence-corrected chi connectivity index (χ3v) is 12.8. The maximum Gasteiger partial charge on any atom is 0.331 e. The molecule has 0 spiro atoms. The molecule has 5 rings (SSSR count). The monoisotopic (exact) mass is 830 g/mol. The van der Waals surface area contributed by atoms with Crippen LogP contribution in [0.5, 0.6) is 0 Å². The molecule has 0 saturated carbocycles. The lowest BCUT2D eigenvalue weighted by molar-refractivity contribution is -0.939. The van der Waals surface area contributed by atoms with Crippen LogP contribution < -0.4 is 22.5 Å². The van der Waals surface area contributed by atoms with Crippen LogP contribution in [0.15, 0.2) is 79.8 Å². The molecule has 324 valence electrons. The van der Waals surface area contributed by atoms with E-state index in [4.69, 9.17) is 0 Å². The van der Waals surface area contributed by atoms with Crippen LogP contribution in [0.3, 0.4) is 0 Å². The molecule has 4 aromatic rings. The van der Waals surface area contributed by atoms with Crippen molar-refractivity contribution >= 4 is 11.4 Å². The van der Waals surface area contributed by atoms with Crippen LogP contribution in [0, 0.1) is 34.1 Å². The molecule has 60 heavy (non-hydrogen) atoms. The van der Waals surface area contributed by atoms with Gasteiger partial charge in [0, 0.05) is 61.8 Å². The Morgan fingerprint density at radius 1 is 0.517 bits per heavy atom. The van der Waals surface area contributed by atoms with Gasteiger partial charge in [0.15, 0.2) is 0 Å². The van der Waals surface area contributed by atoms with Crippen LogP contribution in [0.1, 0.15) is 87.7 Å². The van der Waals surface area contributed by atoms with Gasteiger partial charge in [-0.3, -0.25) is 48.1 Å². The van der Waals surface area contributed by atoms with Gasteiger partial charge in [-0.1, -0.05) is 24.3 Å². The summed E-state index contributed by atoms with van der Waals surface area (Å²) in [6.45, 7) is 14.0. The number of nitro groups is 2. The summed E-state index contributed by atoms with van der Waals surface area (Å²) in [4.78, 5) is 77.4. The smallest absolute Gasteiger partial charge is 0.320 e. The van der Waals surface area contributed by atoms with Gasteiger partial charge in [0.2, 0.25) is 0 Å². The Kier molecular flexibility index (Phi) is 15.7. The van der Waals surface area contributed by atoms with Crippen molar-refractivity contribution in [3.05, 3.63) is 145 Å². The second kappa shape index (κ2) is 20.7. The SMILES string of the molecule is CC[N+]1(Cc2ccccc2[N+](=O)[O-])CCCCn2c(C)cc(=O)n(c2=O)CCCC[N+](CC)(Cc2ccccc2[N+](=O)[O-])CCCCn2c(=O)cc(C)n(c2=O)CCCC1. The normalized spacial score (nSPS) is 20.2. The maximum absolute atomic E-state index is 13.9. The summed E-state index contributed by atoms with van der Waals surface area (Å²) in [5.41, 5.74) is 1.26. The van der Waals surface area contributed by atoms with Crippen molar-refractivity contribution < 1.29 is 18.8 Å². The van der Waals surface area contributed by atoms with Crippen molar-refractivity contribution in [1.29, 1.82) is 0 Å². The van der Waals surface area contributed by atoms with Gasteiger partial charge < -0.3 is 8.97 Å². The van der Waals surface area contributed by atoms with E-state index in [-0.39, 0.29) is 56.8 Å². The van der Waals surface area contributed by atoms with E-state index in [9.17, 15) is 39.4 Å². The Labute approximate surface area is 350 Å². The molecule has 0 atom stereocenters. The number of benzene rings is 2. The van der Waals surface area contributed by atoms with Crippen molar-refractivity contribution in [3.8, 4) is 0 Å². The molecule has 0 N–H and O–H groups in total. The third-order valence-electron chi connectivity index (χ3n) is 12.8. The van der Waals surface area contributed by atoms with E-state index >= 15 is 0 Å². The fourth-order valence-electron chi connectivity index (χ4n) is 9.04. The van der Waals surface area contributed by atoms with E-state index in [1.54, 1.807) is 47.2 Å². The van der Waals surface area contributed by atoms with Crippen LogP contribution >= 0.6 is 0 Å². The molecule has 3 heterocycles. The van der Waals surface area contributed by atoms with Crippen molar-refractivity contribution in [2.45, 2.75) is 118 Å². The van der Waals surface area contributed by atoms with Crippen molar-refractivity contribution in [3.63, 3.8) is 0 Å². The first-order valence-corrected chi connectivity index (χ1v) is 21.5. The molecule has 2 aromatic heterocycles. The first-order valence-electron chi connectivity index (χ1n) is 21.5. The standard InChI is InChI=1S/C44H62N8O8/c1-5-51(33-37-19-7-9-21-39(37)49(57)58)27-15-11-23-45-35(3)31-41(53)47(43(45)55)25-13-17-29-52(6-2,34-38-20-8-10-22-40(38)50(59)60)30-18-14-26-48-42(54)32-36(4)46(44(48)56)24-12-16-28-51/h7-10,19-22,31-32H,5-6,11-18,23-30,33-34H2,1-4H3/q+2. The molecule has 16 nitrogen and oxygen atoms in total. The highest BCUT2D eigenvalue weighted by atomic mass is 16.6. The number of aromatic nitrogens is 4. The largest absolute Gasteiger partial charge is 0.331 e. The minimum atomic E-state index is -0.357. The molecule has 0 radical (unpaired) electrons. The molecule has 0 unspecified atom stereocenters. The summed E-state index contributed by atoms with van der Waals surface area (Å²) in [6, 6.07) is 16.6. The Bertz CT molecular complexity index is 2280. The van der Waals surface area contributed by atoms with Gasteiger partial charge in [-0.25, -0.2) is 9.59 Å². The molecule has 2 aromatic carbocycles. The van der Waals surface area contributed by atoms with E-state index in [1.165, 1.54) is 33.4 Å². The zero-order chi connectivity index (χ0) is 43.5. The van der Waals surface area contributed by atoms with Crippen LogP contribution in [-0.2, 0) is 39.3 Å². The van der Waals surface area contributed by atoms with Gasteiger partial charge in [0.1, 0.15) is 13.1 Å². The predicted octanol–water partition coefficient (Wildman–Crippen LogP) is 5.68. The van der Waals surface area contributed by atoms with Gasteiger partial charge in [-0.15, -0.1) is 0 Å². The molecule has 0 amide bonds. The van der Waals surface area contributed by atoms with Crippen molar-refractivity contribution in [2.75, 3.05) is 39.3 Å². The lowest BCUT2D eigenvalue weighted by Gasteiger charge is -2.38. The average Bonchev–Trinajstić information content (AvgIpc) is 3.21. The Balaban J connectivity index is 1.46. The topological polar surface area (TPSA) is 174 Å². The summed E-state index contributed by atoms with van der Waals surface area (Å²) in [6.07, 6.45) is 5.21. The second-order valence-corrected chi connectivity index (χ2v) is 16.5. The summed E-state index contributed by atoms with van der Waals surface area (Å²) >= 11 is 0. The first kappa shape index (κ1) is 45.6. The number of para-hydroxylation sites is 2. The highest BCUT2D eigenvalue weighted by Gasteiger charge is 2.31. The van der Waals surface area contributed by atoms with Gasteiger partial charge in [0.25, 0.3) is 22.5 Å². The van der Waals surface area contributed by atoms with Gasteiger partial charge in [-0.2, -0.15) is 0 Å². The molecular weight excluding hydrogens is 769 g/mol. The van der Waals surface area contributed by atoms with E-state index in [0.717, 1.165) is 19.4 Å². The quantitative estimate of drug-likeness (QED) is 0.124. The highest BCUT2D eigenvalue weighted by molar-refractivity contribution is 5.40. The van der Waals surface area contributed by atoms with E-state index < -0.39 is 0 Å². The summed E-state index contributed by atoms with van der Waals surface area (Å²) in [5.74, 6) is 0. The van der Waals surface area contributed by atoms with Crippen LogP contribution in [0.4, 0.5) is 11.4 Å². The fraction of sp³-hybridized carbons (Fsp3) is 0.545. The van der Waals surface area contributed by atoms with Crippen molar-refractivity contribution in [1.82, 2.24) is 18.3 Å². The van der Waals surface area contributed by atoms with Gasteiger partial charge in [0.05, 0.1) is 60.2 Å². The van der Waals surface area contributed by atoms with Crippen LogP contribution in [0.25, 0.3) is 0 Å². The number of hydrogen-bond donors (Lipinski definition) is 0. The zero-order valence-electron chi connectivity index (χ0n) is 35.8. The first-order chi connectivity index (χ1) is 28.7. The second-order valence-electron chi connectivity index (χ2n) is 16.5. The van der Waals surface area contributed by atoms with E-state index in [1.807, 2.05) is 12.1 Å². The van der Waals surface area contributed by atoms with Crippen molar-refractivity contribution in [2.24, 2.45) is 0 Å². The average molecular weight is 831 g/mol. The molecule has 0 fully saturated rings. The molecule has 0 aliphatic carbocycles. The zero-order valence-corrected chi connectivity index (χ0v) is 35.8. The minimum Gasteiger partial charge on any atom is -0.320 e. The predicted molar refractivity (Wildman–Crippen MR) is 231 cm³/mol. The van der Waals surface area contributed by atoms with E-state index in [0.29, 0.717) is 129 Å². The molecule has 16 heteroatoms. The number of rotatable bonds is 8. The lowest BCUT2D eigenvalue weighted by Crippen LogP contribution is -2.49. The molecular formula is C44H62N8O8+2. The Morgan fingerprint density at radius 3 is 1.15 bits per heavy atom. The number of aryl methyl sites for hydroxylation is 2. The maximum atomic E-state index is 13.9. The summed E-state index contributed by atoms with van der Waals surface area (Å²) < 4.78 is 7.07. The number of quaternary nitrogens is 2. The molecule has 0 saturated heterocycles. The van der Waals surface area contributed by atoms with Gasteiger partial charge in [-0.05, 0) is 91.2 Å². The van der Waals surface area contributed by atoms with Crippen LogP contribution in [0.2, 0.25) is 0 Å². The third kappa shape index (κ3) is 11.0.